The number of hydrogen-bond acceptors (Lipinski definition) is 5. The van der Waals surface area contributed by atoms with Gasteiger partial charge in [0.25, 0.3) is 0 Å². The Hall–Kier alpha value is -1.66. The Morgan fingerprint density at radius 1 is 1.52 bits per heavy atom. The molecule has 0 spiro atoms. The number of methoxy groups -OCH3 is 1. The van der Waals surface area contributed by atoms with Crippen LogP contribution in [0.15, 0.2) is 12.1 Å². The summed E-state index contributed by atoms with van der Waals surface area (Å²) < 4.78 is 6.20. The van der Waals surface area contributed by atoms with Crippen molar-refractivity contribution in [1.82, 2.24) is 4.98 Å². The quantitative estimate of drug-likeness (QED) is 0.882. The van der Waals surface area contributed by atoms with Gasteiger partial charge < -0.3 is 15.0 Å². The largest absolute Gasteiger partial charge is 0.383 e. The number of nitrogens with zero attached hydrogens (tertiary/aromatic N) is 2. The van der Waals surface area contributed by atoms with Crippen LogP contribution in [0.2, 0.25) is 0 Å². The Morgan fingerprint density at radius 3 is 3.14 bits per heavy atom. The number of aryl methyl sites for hydroxylation is 1. The van der Waals surface area contributed by atoms with Crippen molar-refractivity contribution in [3.8, 4) is 0 Å². The second kappa shape index (κ2) is 5.99. The number of ether oxygens (including phenoxy) is 1. The van der Waals surface area contributed by atoms with E-state index in [2.05, 4.69) is 16.4 Å². The average molecular weight is 305 g/mol. The molecule has 1 aliphatic rings. The number of anilines is 2. The molecule has 6 heteroatoms. The fourth-order valence-corrected chi connectivity index (χ4v) is 3.60. The van der Waals surface area contributed by atoms with E-state index in [1.807, 2.05) is 11.0 Å². The van der Waals surface area contributed by atoms with Gasteiger partial charge in [-0.05, 0) is 30.5 Å². The highest BCUT2D eigenvalue weighted by Crippen LogP contribution is 2.35. The fourth-order valence-electron chi connectivity index (χ4n) is 2.67. The van der Waals surface area contributed by atoms with Gasteiger partial charge in [0.2, 0.25) is 5.91 Å². The number of rotatable bonds is 4. The number of fused-ring (bicyclic) bond motifs is 2. The molecule has 0 unspecified atom stereocenters. The van der Waals surface area contributed by atoms with E-state index in [0.717, 1.165) is 42.3 Å². The van der Waals surface area contributed by atoms with E-state index in [1.54, 1.807) is 25.4 Å². The van der Waals surface area contributed by atoms with Crippen LogP contribution in [0.25, 0.3) is 10.2 Å². The lowest BCUT2D eigenvalue weighted by Crippen LogP contribution is -2.33. The zero-order chi connectivity index (χ0) is 14.8. The molecule has 21 heavy (non-hydrogen) atoms. The summed E-state index contributed by atoms with van der Waals surface area (Å²) in [5.41, 5.74) is 3.22. The molecule has 0 saturated carbocycles. The van der Waals surface area contributed by atoms with E-state index >= 15 is 0 Å². The van der Waals surface area contributed by atoms with E-state index in [-0.39, 0.29) is 5.91 Å². The van der Waals surface area contributed by atoms with E-state index in [4.69, 9.17) is 4.74 Å². The Kier molecular flexibility index (Phi) is 4.07. The van der Waals surface area contributed by atoms with Gasteiger partial charge in [-0.2, -0.15) is 0 Å². The minimum absolute atomic E-state index is 0.101. The van der Waals surface area contributed by atoms with Crippen LogP contribution in [0, 0.1) is 0 Å². The van der Waals surface area contributed by atoms with Crippen molar-refractivity contribution in [3.63, 3.8) is 0 Å². The lowest BCUT2D eigenvalue weighted by Gasteiger charge is -2.28. The van der Waals surface area contributed by atoms with Gasteiger partial charge in [-0.25, -0.2) is 4.98 Å². The summed E-state index contributed by atoms with van der Waals surface area (Å²) in [4.78, 5) is 18.2. The van der Waals surface area contributed by atoms with Gasteiger partial charge in [0.1, 0.15) is 0 Å². The summed E-state index contributed by atoms with van der Waals surface area (Å²) in [6, 6.07) is 4.22. The summed E-state index contributed by atoms with van der Waals surface area (Å²) >= 11 is 1.65. The molecule has 5 nitrogen and oxygen atoms in total. The normalized spacial score (nSPS) is 14.3. The van der Waals surface area contributed by atoms with E-state index in [9.17, 15) is 4.79 Å². The second-order valence-electron chi connectivity index (χ2n) is 5.16. The Balaban J connectivity index is 1.93. The fraction of sp³-hybridized carbons (Fsp3) is 0.467. The average Bonchev–Trinajstić information content (AvgIpc) is 2.85. The molecule has 0 fully saturated rings. The molecule has 1 aromatic heterocycles. The van der Waals surface area contributed by atoms with Crippen LogP contribution in [-0.2, 0) is 16.0 Å². The minimum Gasteiger partial charge on any atom is -0.383 e. The first-order valence-corrected chi connectivity index (χ1v) is 7.95. The zero-order valence-electron chi connectivity index (χ0n) is 12.3. The third-order valence-corrected chi connectivity index (χ3v) is 4.65. The maximum atomic E-state index is 11.8. The first-order valence-electron chi connectivity index (χ1n) is 7.13. The highest BCUT2D eigenvalue weighted by Gasteiger charge is 2.21. The summed E-state index contributed by atoms with van der Waals surface area (Å²) in [5.74, 6) is 0.101. The molecule has 0 saturated heterocycles. The molecule has 2 aromatic rings. The van der Waals surface area contributed by atoms with E-state index in [1.165, 1.54) is 10.3 Å². The standard InChI is InChI=1S/C15H19N3O2S/c1-10(19)18-6-3-4-11-8-14-12(9-13(11)18)17-15(21-14)16-5-7-20-2/h8-9H,3-7H2,1-2H3,(H,16,17). The van der Waals surface area contributed by atoms with Crippen molar-refractivity contribution in [3.05, 3.63) is 17.7 Å². The van der Waals surface area contributed by atoms with Gasteiger partial charge >= 0.3 is 0 Å². The first kappa shape index (κ1) is 14.3. The van der Waals surface area contributed by atoms with Crippen LogP contribution in [0.4, 0.5) is 10.8 Å². The molecule has 3 rings (SSSR count). The van der Waals surface area contributed by atoms with Crippen LogP contribution < -0.4 is 10.2 Å². The zero-order valence-corrected chi connectivity index (χ0v) is 13.1. The van der Waals surface area contributed by atoms with Gasteiger partial charge in [-0.1, -0.05) is 11.3 Å². The van der Waals surface area contributed by atoms with Crippen LogP contribution >= 0.6 is 11.3 Å². The number of aromatic nitrogens is 1. The first-order chi connectivity index (χ1) is 10.2. The third kappa shape index (κ3) is 2.87. The van der Waals surface area contributed by atoms with E-state index in [0.29, 0.717) is 6.61 Å². The minimum atomic E-state index is 0.101. The van der Waals surface area contributed by atoms with Gasteiger partial charge in [0.05, 0.1) is 16.8 Å². The van der Waals surface area contributed by atoms with Crippen LogP contribution in [0.3, 0.4) is 0 Å². The van der Waals surface area contributed by atoms with E-state index < -0.39 is 0 Å². The maximum absolute atomic E-state index is 11.8. The monoisotopic (exact) mass is 305 g/mol. The molecule has 0 radical (unpaired) electrons. The molecule has 1 aliphatic heterocycles. The number of carbonyl (C=O) groups excluding carboxylic acids is 1. The number of nitrogens with one attached hydrogen (secondary N) is 1. The highest BCUT2D eigenvalue weighted by molar-refractivity contribution is 7.22. The number of benzene rings is 1. The lowest BCUT2D eigenvalue weighted by molar-refractivity contribution is -0.116. The van der Waals surface area contributed by atoms with Gasteiger partial charge in [0, 0.05) is 32.8 Å². The van der Waals surface area contributed by atoms with Crippen LogP contribution in [0.5, 0.6) is 0 Å². The SMILES string of the molecule is COCCNc1nc2cc3c(cc2s1)CCCN3C(C)=O. The topological polar surface area (TPSA) is 54.5 Å². The van der Waals surface area contributed by atoms with Crippen molar-refractivity contribution in [2.24, 2.45) is 0 Å². The molecule has 1 aromatic carbocycles. The maximum Gasteiger partial charge on any atom is 0.223 e. The van der Waals surface area contributed by atoms with Crippen LogP contribution in [0.1, 0.15) is 18.9 Å². The molecule has 0 aliphatic carbocycles. The Morgan fingerprint density at radius 2 is 2.38 bits per heavy atom. The highest BCUT2D eigenvalue weighted by atomic mass is 32.1. The molecule has 1 N–H and O–H groups in total. The van der Waals surface area contributed by atoms with Crippen LogP contribution in [-0.4, -0.2) is 37.7 Å². The number of carbonyl (C=O) groups is 1. The molecule has 0 bridgehead atoms. The molecule has 112 valence electrons. The van der Waals surface area contributed by atoms with Gasteiger partial charge in [0.15, 0.2) is 5.13 Å². The summed E-state index contributed by atoms with van der Waals surface area (Å²) in [7, 11) is 1.68. The smallest absolute Gasteiger partial charge is 0.223 e. The summed E-state index contributed by atoms with van der Waals surface area (Å²) in [6.07, 6.45) is 2.05. The Bertz CT molecular complexity index is 668. The lowest BCUT2D eigenvalue weighted by atomic mass is 10.0. The van der Waals surface area contributed by atoms with Crippen molar-refractivity contribution >= 4 is 38.3 Å². The van der Waals surface area contributed by atoms with Gasteiger partial charge in [-0.3, -0.25) is 4.79 Å². The number of amides is 1. The summed E-state index contributed by atoms with van der Waals surface area (Å²) in [6.45, 7) is 3.83. The summed E-state index contributed by atoms with van der Waals surface area (Å²) in [5, 5.41) is 4.16. The van der Waals surface area contributed by atoms with Crippen molar-refractivity contribution in [2.45, 2.75) is 19.8 Å². The molecular weight excluding hydrogens is 286 g/mol. The number of hydrogen-bond donors (Lipinski definition) is 1. The molecule has 1 amide bonds. The van der Waals surface area contributed by atoms with Gasteiger partial charge in [-0.15, -0.1) is 0 Å². The molecule has 2 heterocycles. The van der Waals surface area contributed by atoms with Crippen molar-refractivity contribution < 1.29 is 9.53 Å². The Labute approximate surface area is 127 Å². The van der Waals surface area contributed by atoms with Crippen molar-refractivity contribution in [1.29, 1.82) is 0 Å². The molecule has 0 atom stereocenters. The molecular formula is C15H19N3O2S. The predicted octanol–water partition coefficient (Wildman–Crippen LogP) is 2.65. The second-order valence-corrected chi connectivity index (χ2v) is 6.19. The number of thiazole rings is 1. The third-order valence-electron chi connectivity index (χ3n) is 3.67. The van der Waals surface area contributed by atoms with Crippen molar-refractivity contribution in [2.75, 3.05) is 37.0 Å². The predicted molar refractivity (Wildman–Crippen MR) is 86.3 cm³/mol.